The largest absolute Gasteiger partial charge is 0.322 e. The molecule has 0 unspecified atom stereocenters. The van der Waals surface area contributed by atoms with Gasteiger partial charge >= 0.3 is 0 Å². The van der Waals surface area contributed by atoms with E-state index in [0.717, 1.165) is 45.9 Å². The predicted octanol–water partition coefficient (Wildman–Crippen LogP) is -2.30. The summed E-state index contributed by atoms with van der Waals surface area (Å²) >= 11 is 0. The molecule has 0 aromatic rings. The van der Waals surface area contributed by atoms with Gasteiger partial charge < -0.3 is 37.6 Å². The number of rotatable bonds is 14. The summed E-state index contributed by atoms with van der Waals surface area (Å²) in [7, 11) is 7.84. The maximum absolute atomic E-state index is 6.35. The van der Waals surface area contributed by atoms with E-state index in [4.69, 9.17) is 5.73 Å². The summed E-state index contributed by atoms with van der Waals surface area (Å²) in [6.07, 6.45) is 0. The van der Waals surface area contributed by atoms with Gasteiger partial charge in [0, 0.05) is 51.4 Å². The zero-order valence-electron chi connectivity index (χ0n) is 14.5. The van der Waals surface area contributed by atoms with E-state index < -0.39 is 0 Å². The van der Waals surface area contributed by atoms with E-state index in [1.165, 1.54) is 0 Å². The topological polar surface area (TPSA) is 98.2 Å². The van der Waals surface area contributed by atoms with Gasteiger partial charge in [0.15, 0.2) is 0 Å². The molecule has 0 aliphatic carbocycles. The van der Waals surface area contributed by atoms with Gasteiger partial charge in [0.05, 0.1) is 5.54 Å². The van der Waals surface area contributed by atoms with Crippen LogP contribution in [0, 0.1) is 5.41 Å². The van der Waals surface area contributed by atoms with E-state index >= 15 is 0 Å². The minimum Gasteiger partial charge on any atom is -0.322 e. The molecular weight excluding hydrogens is 266 g/mol. The highest BCUT2D eigenvalue weighted by atomic mass is 15.1. The Morgan fingerprint density at radius 2 is 1.10 bits per heavy atom. The maximum Gasteiger partial charge on any atom is 0.0533 e. The molecule has 128 valence electrons. The van der Waals surface area contributed by atoms with E-state index in [1.807, 2.05) is 28.2 Å². The molecule has 0 heterocycles. The van der Waals surface area contributed by atoms with Crippen molar-refractivity contribution in [3.05, 3.63) is 0 Å². The Hall–Kier alpha value is -0.280. The van der Waals surface area contributed by atoms with Crippen molar-refractivity contribution in [3.8, 4) is 0 Å². The molecule has 0 aliphatic heterocycles. The smallest absolute Gasteiger partial charge is 0.0533 e. The summed E-state index contributed by atoms with van der Waals surface area (Å²) in [5.74, 6) is 0. The Kier molecular flexibility index (Phi) is 11.2. The number of nitrogens with two attached hydrogens (primary N) is 1. The summed E-state index contributed by atoms with van der Waals surface area (Å²) in [4.78, 5) is 0. The standard InChI is InChI=1S/C14H37N7/c1-13(6-16-2,7-17-3)8-20-12-21-11-14(15,9-18-4)10-19-5/h16-21H,6-12,15H2,1-5H3. The van der Waals surface area contributed by atoms with E-state index in [1.54, 1.807) is 0 Å². The number of hydrogen-bond acceptors (Lipinski definition) is 7. The number of nitrogens with one attached hydrogen (secondary N) is 6. The van der Waals surface area contributed by atoms with Crippen LogP contribution in [0.3, 0.4) is 0 Å². The molecule has 0 atom stereocenters. The molecule has 0 saturated heterocycles. The maximum atomic E-state index is 6.35. The third-order valence-electron chi connectivity index (χ3n) is 3.54. The first-order valence-electron chi connectivity index (χ1n) is 7.74. The van der Waals surface area contributed by atoms with Crippen molar-refractivity contribution in [1.82, 2.24) is 31.9 Å². The first-order chi connectivity index (χ1) is 9.95. The van der Waals surface area contributed by atoms with Crippen LogP contribution in [0.2, 0.25) is 0 Å². The Bertz CT molecular complexity index is 211. The molecule has 0 saturated carbocycles. The lowest BCUT2D eigenvalue weighted by molar-refractivity contribution is 0.280. The van der Waals surface area contributed by atoms with Crippen molar-refractivity contribution in [2.24, 2.45) is 11.1 Å². The molecule has 0 radical (unpaired) electrons. The van der Waals surface area contributed by atoms with E-state index in [9.17, 15) is 0 Å². The second-order valence-corrected chi connectivity index (χ2v) is 6.32. The summed E-state index contributed by atoms with van der Waals surface area (Å²) in [6.45, 7) is 8.23. The SMILES string of the molecule is CNCC(C)(CNC)CNCNCC(N)(CNC)CNC. The zero-order valence-corrected chi connectivity index (χ0v) is 14.5. The van der Waals surface area contributed by atoms with Crippen molar-refractivity contribution in [1.29, 1.82) is 0 Å². The Morgan fingerprint density at radius 1 is 0.667 bits per heavy atom. The van der Waals surface area contributed by atoms with Gasteiger partial charge in [-0.1, -0.05) is 6.92 Å². The predicted molar refractivity (Wildman–Crippen MR) is 91.6 cm³/mol. The lowest BCUT2D eigenvalue weighted by atomic mass is 9.90. The first-order valence-corrected chi connectivity index (χ1v) is 7.74. The van der Waals surface area contributed by atoms with Crippen molar-refractivity contribution < 1.29 is 0 Å². The average Bonchev–Trinajstić information content (AvgIpc) is 2.39. The lowest BCUT2D eigenvalue weighted by Gasteiger charge is -2.31. The van der Waals surface area contributed by atoms with E-state index in [0.29, 0.717) is 0 Å². The van der Waals surface area contributed by atoms with Gasteiger partial charge in [-0.2, -0.15) is 0 Å². The third-order valence-corrected chi connectivity index (χ3v) is 3.54. The normalized spacial score (nSPS) is 12.9. The second kappa shape index (κ2) is 11.3. The molecule has 21 heavy (non-hydrogen) atoms. The molecule has 8 N–H and O–H groups in total. The third kappa shape index (κ3) is 9.36. The van der Waals surface area contributed by atoms with Gasteiger partial charge in [-0.25, -0.2) is 0 Å². The van der Waals surface area contributed by atoms with Crippen molar-refractivity contribution in [2.75, 3.05) is 74.1 Å². The molecule has 7 nitrogen and oxygen atoms in total. The van der Waals surface area contributed by atoms with Crippen LogP contribution in [0.1, 0.15) is 6.92 Å². The number of likely N-dealkylation sites (N-methyl/N-ethyl adjacent to an activating group) is 2. The highest BCUT2D eigenvalue weighted by Crippen LogP contribution is 2.11. The fraction of sp³-hybridized carbons (Fsp3) is 1.00. The fourth-order valence-electron chi connectivity index (χ4n) is 2.70. The van der Waals surface area contributed by atoms with Crippen LogP contribution in [0.15, 0.2) is 0 Å². The monoisotopic (exact) mass is 303 g/mol. The van der Waals surface area contributed by atoms with Crippen LogP contribution < -0.4 is 37.6 Å². The molecule has 0 rings (SSSR count). The van der Waals surface area contributed by atoms with Crippen LogP contribution in [-0.2, 0) is 0 Å². The van der Waals surface area contributed by atoms with Crippen molar-refractivity contribution in [2.45, 2.75) is 12.5 Å². The molecule has 0 fully saturated rings. The van der Waals surface area contributed by atoms with E-state index in [-0.39, 0.29) is 11.0 Å². The Morgan fingerprint density at radius 3 is 1.52 bits per heavy atom. The molecule has 7 heteroatoms. The summed E-state index contributed by atoms with van der Waals surface area (Å²) in [5, 5.41) is 19.7. The summed E-state index contributed by atoms with van der Waals surface area (Å²) in [6, 6.07) is 0. The van der Waals surface area contributed by atoms with Gasteiger partial charge in [0.25, 0.3) is 0 Å². The first kappa shape index (κ1) is 20.7. The number of hydrogen-bond donors (Lipinski definition) is 7. The fourth-order valence-corrected chi connectivity index (χ4v) is 2.70. The van der Waals surface area contributed by atoms with E-state index in [2.05, 4.69) is 38.8 Å². The van der Waals surface area contributed by atoms with Crippen LogP contribution >= 0.6 is 0 Å². The van der Waals surface area contributed by atoms with Gasteiger partial charge in [-0.3, -0.25) is 0 Å². The van der Waals surface area contributed by atoms with Gasteiger partial charge in [0.1, 0.15) is 0 Å². The van der Waals surface area contributed by atoms with Gasteiger partial charge in [0.2, 0.25) is 0 Å². The van der Waals surface area contributed by atoms with Crippen LogP contribution in [-0.4, -0.2) is 79.7 Å². The molecule has 0 aliphatic rings. The lowest BCUT2D eigenvalue weighted by Crippen LogP contribution is -2.61. The minimum absolute atomic E-state index is 0.195. The van der Waals surface area contributed by atoms with Crippen LogP contribution in [0.4, 0.5) is 0 Å². The Labute approximate surface area is 130 Å². The summed E-state index contributed by atoms with van der Waals surface area (Å²) < 4.78 is 0. The van der Waals surface area contributed by atoms with Crippen LogP contribution in [0.25, 0.3) is 0 Å². The zero-order chi connectivity index (χ0) is 16.2. The Balaban J connectivity index is 4.01. The van der Waals surface area contributed by atoms with Gasteiger partial charge in [-0.15, -0.1) is 0 Å². The minimum atomic E-state index is -0.273. The van der Waals surface area contributed by atoms with Crippen molar-refractivity contribution in [3.63, 3.8) is 0 Å². The second-order valence-electron chi connectivity index (χ2n) is 6.32. The molecule has 0 aromatic carbocycles. The summed E-state index contributed by atoms with van der Waals surface area (Å²) in [5.41, 5.74) is 6.27. The molecule has 0 aromatic heterocycles. The highest BCUT2D eigenvalue weighted by Gasteiger charge is 2.24. The molecular formula is C14H37N7. The van der Waals surface area contributed by atoms with Crippen molar-refractivity contribution >= 4 is 0 Å². The molecule has 0 spiro atoms. The van der Waals surface area contributed by atoms with Gasteiger partial charge in [-0.05, 0) is 28.2 Å². The highest BCUT2D eigenvalue weighted by molar-refractivity contribution is 4.90. The molecule has 0 bridgehead atoms. The van der Waals surface area contributed by atoms with Crippen LogP contribution in [0.5, 0.6) is 0 Å². The average molecular weight is 303 g/mol. The quantitative estimate of drug-likeness (QED) is 0.143. The molecule has 0 amide bonds.